The van der Waals surface area contributed by atoms with Crippen LogP contribution in [0.3, 0.4) is 0 Å². The molecule has 21 heavy (non-hydrogen) atoms. The summed E-state index contributed by atoms with van der Waals surface area (Å²) in [4.78, 5) is 11.1. The first kappa shape index (κ1) is 14.7. The summed E-state index contributed by atoms with van der Waals surface area (Å²) in [5, 5.41) is 24.9. The number of aromatic hydroxyl groups is 2. The number of amides is 1. The predicted molar refractivity (Wildman–Crippen MR) is 82.6 cm³/mol. The van der Waals surface area contributed by atoms with Gasteiger partial charge in [-0.1, -0.05) is 6.07 Å². The number of phenols is 2. The Morgan fingerprint density at radius 3 is 2.57 bits per heavy atom. The lowest BCUT2D eigenvalue weighted by Gasteiger charge is -2.12. The fraction of sp³-hybridized carbons (Fsp3) is 0.188. The number of phenolic OH excluding ortho intramolecular Hbond substituents is 2. The molecule has 0 aromatic heterocycles. The number of anilines is 2. The second kappa shape index (κ2) is 6.17. The smallest absolute Gasteiger partial charge is 0.221 e. The number of carbonyl (C=O) groups excluding carboxylic acids is 1. The van der Waals surface area contributed by atoms with Gasteiger partial charge in [0.1, 0.15) is 11.5 Å². The molecule has 0 saturated carbocycles. The van der Waals surface area contributed by atoms with Crippen molar-refractivity contribution in [2.24, 2.45) is 0 Å². The Labute approximate surface area is 123 Å². The van der Waals surface area contributed by atoms with E-state index in [9.17, 15) is 15.0 Å². The summed E-state index contributed by atoms with van der Waals surface area (Å²) in [6.07, 6.45) is 0. The minimum atomic E-state index is -0.119. The molecule has 2 rings (SSSR count). The van der Waals surface area contributed by atoms with Gasteiger partial charge >= 0.3 is 0 Å². The van der Waals surface area contributed by atoms with Crippen LogP contribution in [-0.4, -0.2) is 16.1 Å². The third-order valence-electron chi connectivity index (χ3n) is 3.10. The maximum atomic E-state index is 11.1. The monoisotopic (exact) mass is 286 g/mol. The van der Waals surface area contributed by atoms with E-state index in [0.29, 0.717) is 12.1 Å². The molecule has 0 fully saturated rings. The minimum Gasteiger partial charge on any atom is -0.508 e. The van der Waals surface area contributed by atoms with E-state index in [1.165, 1.54) is 19.1 Å². The molecule has 0 spiro atoms. The molecule has 0 heterocycles. The number of nitrogens with one attached hydrogen (secondary N) is 2. The van der Waals surface area contributed by atoms with Crippen molar-refractivity contribution in [1.29, 1.82) is 0 Å². The Bertz CT molecular complexity index is 669. The van der Waals surface area contributed by atoms with Crippen LogP contribution in [0.25, 0.3) is 0 Å². The number of rotatable bonds is 4. The van der Waals surface area contributed by atoms with Crippen LogP contribution in [0.15, 0.2) is 36.4 Å². The van der Waals surface area contributed by atoms with Crippen molar-refractivity contribution in [3.05, 3.63) is 47.5 Å². The number of carbonyl (C=O) groups is 1. The molecule has 2 aromatic rings. The van der Waals surface area contributed by atoms with E-state index in [2.05, 4.69) is 10.6 Å². The molecule has 0 unspecified atom stereocenters. The molecule has 0 saturated heterocycles. The van der Waals surface area contributed by atoms with Gasteiger partial charge in [-0.2, -0.15) is 0 Å². The molecule has 0 aliphatic heterocycles. The van der Waals surface area contributed by atoms with Crippen molar-refractivity contribution in [2.45, 2.75) is 20.4 Å². The summed E-state index contributed by atoms with van der Waals surface area (Å²) in [6.45, 7) is 3.80. The summed E-state index contributed by atoms with van der Waals surface area (Å²) >= 11 is 0. The van der Waals surface area contributed by atoms with E-state index >= 15 is 0 Å². The Morgan fingerprint density at radius 1 is 1.14 bits per heavy atom. The average Bonchev–Trinajstić information content (AvgIpc) is 2.40. The Hall–Kier alpha value is -2.69. The third-order valence-corrected chi connectivity index (χ3v) is 3.10. The van der Waals surface area contributed by atoms with Gasteiger partial charge in [-0.25, -0.2) is 0 Å². The van der Waals surface area contributed by atoms with Crippen molar-refractivity contribution in [1.82, 2.24) is 0 Å². The molecule has 0 atom stereocenters. The number of hydrogen-bond acceptors (Lipinski definition) is 4. The zero-order chi connectivity index (χ0) is 15.4. The van der Waals surface area contributed by atoms with Crippen LogP contribution >= 0.6 is 0 Å². The maximum absolute atomic E-state index is 11.1. The zero-order valence-electron chi connectivity index (χ0n) is 12.0. The van der Waals surface area contributed by atoms with Crippen molar-refractivity contribution in [2.75, 3.05) is 10.6 Å². The van der Waals surface area contributed by atoms with Gasteiger partial charge in [0.2, 0.25) is 5.91 Å². The fourth-order valence-electron chi connectivity index (χ4n) is 1.96. The third kappa shape index (κ3) is 3.89. The first-order valence-corrected chi connectivity index (χ1v) is 6.58. The van der Waals surface area contributed by atoms with Crippen LogP contribution in [0.2, 0.25) is 0 Å². The zero-order valence-corrected chi connectivity index (χ0v) is 12.0. The SMILES string of the molecule is CC(=O)Nc1cc(NCc2ccc(O)cc2O)ccc1C. The van der Waals surface area contributed by atoms with Gasteiger partial charge < -0.3 is 20.8 Å². The van der Waals surface area contributed by atoms with Gasteiger partial charge in [-0.05, 0) is 36.8 Å². The molecule has 2 aromatic carbocycles. The summed E-state index contributed by atoms with van der Waals surface area (Å²) in [6, 6.07) is 10.1. The van der Waals surface area contributed by atoms with Crippen molar-refractivity contribution < 1.29 is 15.0 Å². The summed E-state index contributed by atoms with van der Waals surface area (Å²) in [5.41, 5.74) is 3.23. The first-order valence-electron chi connectivity index (χ1n) is 6.58. The molecular weight excluding hydrogens is 268 g/mol. The van der Waals surface area contributed by atoms with E-state index in [0.717, 1.165) is 16.9 Å². The quantitative estimate of drug-likeness (QED) is 0.696. The molecule has 0 radical (unpaired) electrons. The average molecular weight is 286 g/mol. The van der Waals surface area contributed by atoms with Crippen molar-refractivity contribution in [3.8, 4) is 11.5 Å². The lowest BCUT2D eigenvalue weighted by atomic mass is 10.1. The second-order valence-corrected chi connectivity index (χ2v) is 4.88. The lowest BCUT2D eigenvalue weighted by molar-refractivity contribution is -0.114. The molecule has 1 amide bonds. The normalized spacial score (nSPS) is 10.2. The van der Waals surface area contributed by atoms with Crippen LogP contribution < -0.4 is 10.6 Å². The summed E-state index contributed by atoms with van der Waals surface area (Å²) < 4.78 is 0. The number of aryl methyl sites for hydroxylation is 1. The van der Waals surface area contributed by atoms with Crippen LogP contribution in [0.5, 0.6) is 11.5 Å². The van der Waals surface area contributed by atoms with Crippen molar-refractivity contribution >= 4 is 17.3 Å². The highest BCUT2D eigenvalue weighted by molar-refractivity contribution is 5.90. The molecule has 0 bridgehead atoms. The summed E-state index contributed by atoms with van der Waals surface area (Å²) in [7, 11) is 0. The van der Waals surface area contributed by atoms with Gasteiger partial charge in [0, 0.05) is 36.5 Å². The molecular formula is C16H18N2O3. The van der Waals surface area contributed by atoms with Crippen LogP contribution in [0, 0.1) is 6.92 Å². The van der Waals surface area contributed by atoms with Crippen LogP contribution in [0.1, 0.15) is 18.1 Å². The van der Waals surface area contributed by atoms with E-state index < -0.39 is 0 Å². The van der Waals surface area contributed by atoms with E-state index in [-0.39, 0.29) is 17.4 Å². The minimum absolute atomic E-state index is 0.0273. The molecule has 4 N–H and O–H groups in total. The topological polar surface area (TPSA) is 81.6 Å². The highest BCUT2D eigenvalue weighted by Crippen LogP contribution is 2.25. The predicted octanol–water partition coefficient (Wildman–Crippen LogP) is 2.98. The largest absolute Gasteiger partial charge is 0.508 e. The fourth-order valence-corrected chi connectivity index (χ4v) is 1.96. The van der Waals surface area contributed by atoms with Crippen LogP contribution in [-0.2, 0) is 11.3 Å². The Kier molecular flexibility index (Phi) is 4.33. The standard InChI is InChI=1S/C16H18N2O3/c1-10-3-5-13(7-15(10)18-11(2)19)17-9-12-4-6-14(20)8-16(12)21/h3-8,17,20-21H,9H2,1-2H3,(H,18,19). The van der Waals surface area contributed by atoms with Gasteiger partial charge in [0.15, 0.2) is 0 Å². The maximum Gasteiger partial charge on any atom is 0.221 e. The van der Waals surface area contributed by atoms with Gasteiger partial charge in [-0.3, -0.25) is 4.79 Å². The molecule has 5 heteroatoms. The highest BCUT2D eigenvalue weighted by Gasteiger charge is 2.05. The van der Waals surface area contributed by atoms with E-state index in [1.807, 2.05) is 25.1 Å². The summed E-state index contributed by atoms with van der Waals surface area (Å²) in [5.74, 6) is -0.0531. The highest BCUT2D eigenvalue weighted by atomic mass is 16.3. The van der Waals surface area contributed by atoms with E-state index in [4.69, 9.17) is 0 Å². The Morgan fingerprint density at radius 2 is 1.90 bits per heavy atom. The Balaban J connectivity index is 2.11. The van der Waals surface area contributed by atoms with Gasteiger partial charge in [0.05, 0.1) is 0 Å². The van der Waals surface area contributed by atoms with Crippen LogP contribution in [0.4, 0.5) is 11.4 Å². The molecule has 5 nitrogen and oxygen atoms in total. The van der Waals surface area contributed by atoms with E-state index in [1.54, 1.807) is 6.07 Å². The molecule has 0 aliphatic carbocycles. The molecule has 110 valence electrons. The molecule has 0 aliphatic rings. The number of hydrogen-bond donors (Lipinski definition) is 4. The first-order chi connectivity index (χ1) is 9.95. The number of benzene rings is 2. The lowest BCUT2D eigenvalue weighted by Crippen LogP contribution is -2.08. The van der Waals surface area contributed by atoms with Crippen molar-refractivity contribution in [3.63, 3.8) is 0 Å². The second-order valence-electron chi connectivity index (χ2n) is 4.88. The van der Waals surface area contributed by atoms with Gasteiger partial charge in [-0.15, -0.1) is 0 Å². The van der Waals surface area contributed by atoms with Gasteiger partial charge in [0.25, 0.3) is 0 Å².